The van der Waals surface area contributed by atoms with E-state index in [1.165, 1.54) is 12.1 Å². The number of carbonyl (C=O) groups is 1. The van der Waals surface area contributed by atoms with E-state index in [1.54, 1.807) is 0 Å². The molecule has 0 atom stereocenters. The molecule has 1 aromatic rings. The summed E-state index contributed by atoms with van der Waals surface area (Å²) < 4.78 is 0. The lowest BCUT2D eigenvalue weighted by Gasteiger charge is -2.14. The smallest absolute Gasteiger partial charge is 0.270 e. The summed E-state index contributed by atoms with van der Waals surface area (Å²) in [6, 6.07) is 3.68. The van der Waals surface area contributed by atoms with E-state index in [9.17, 15) is 14.9 Å². The zero-order chi connectivity index (χ0) is 13.3. The highest BCUT2D eigenvalue weighted by atomic mass is 35.5. The summed E-state index contributed by atoms with van der Waals surface area (Å²) in [7, 11) is 0. The third kappa shape index (κ3) is 2.44. The van der Waals surface area contributed by atoms with Gasteiger partial charge in [-0.25, -0.2) is 0 Å². The van der Waals surface area contributed by atoms with Crippen LogP contribution in [-0.4, -0.2) is 28.1 Å². The molecule has 1 aliphatic rings. The van der Waals surface area contributed by atoms with Gasteiger partial charge >= 0.3 is 0 Å². The number of aliphatic hydroxyl groups is 1. The first-order chi connectivity index (χ1) is 8.47. The van der Waals surface area contributed by atoms with Crippen LogP contribution in [0.15, 0.2) is 18.2 Å². The second-order valence-corrected chi connectivity index (χ2v) is 4.72. The monoisotopic (exact) mass is 270 g/mol. The lowest BCUT2D eigenvalue weighted by Crippen LogP contribution is -2.39. The van der Waals surface area contributed by atoms with Gasteiger partial charge in [0, 0.05) is 12.1 Å². The number of carbonyl (C=O) groups excluding carboxylic acids is 1. The number of amides is 1. The standard InChI is InChI=1S/C11H11ClN2O4/c12-9-2-1-7(14(17)18)5-8(9)10(16)13-11(6-15)3-4-11/h1-2,5,15H,3-4,6H2,(H,13,16). The van der Waals surface area contributed by atoms with E-state index >= 15 is 0 Å². The van der Waals surface area contributed by atoms with Crippen molar-refractivity contribution in [2.45, 2.75) is 18.4 Å². The van der Waals surface area contributed by atoms with Gasteiger partial charge in [-0.15, -0.1) is 0 Å². The number of nitro groups is 1. The van der Waals surface area contributed by atoms with Crippen LogP contribution in [0.5, 0.6) is 0 Å². The fourth-order valence-electron chi connectivity index (χ4n) is 1.58. The summed E-state index contributed by atoms with van der Waals surface area (Å²) in [5, 5.41) is 22.5. The van der Waals surface area contributed by atoms with E-state index in [1.807, 2.05) is 0 Å². The molecular weight excluding hydrogens is 260 g/mol. The summed E-state index contributed by atoms with van der Waals surface area (Å²) in [4.78, 5) is 22.0. The van der Waals surface area contributed by atoms with Crippen molar-refractivity contribution in [3.05, 3.63) is 38.9 Å². The molecule has 0 spiro atoms. The zero-order valence-electron chi connectivity index (χ0n) is 9.35. The van der Waals surface area contributed by atoms with Crippen molar-refractivity contribution in [3.63, 3.8) is 0 Å². The zero-order valence-corrected chi connectivity index (χ0v) is 10.1. The quantitative estimate of drug-likeness (QED) is 0.640. The highest BCUT2D eigenvalue weighted by Gasteiger charge is 2.43. The van der Waals surface area contributed by atoms with Gasteiger partial charge in [-0.05, 0) is 18.9 Å². The van der Waals surface area contributed by atoms with Crippen molar-refractivity contribution in [2.75, 3.05) is 6.61 Å². The Bertz CT molecular complexity index is 514. The summed E-state index contributed by atoms with van der Waals surface area (Å²) in [6.45, 7) is -0.148. The normalized spacial score (nSPS) is 16.1. The summed E-state index contributed by atoms with van der Waals surface area (Å²) in [5.41, 5.74) is -0.727. The van der Waals surface area contributed by atoms with Crippen molar-refractivity contribution >= 4 is 23.2 Å². The van der Waals surface area contributed by atoms with Gasteiger partial charge in [-0.3, -0.25) is 14.9 Å². The SMILES string of the molecule is O=C(NC1(CO)CC1)c1cc([N+](=O)[O-])ccc1Cl. The molecule has 0 unspecified atom stereocenters. The van der Waals surface area contributed by atoms with Crippen LogP contribution in [0.4, 0.5) is 5.69 Å². The van der Waals surface area contributed by atoms with E-state index in [0.29, 0.717) is 12.8 Å². The second kappa shape index (κ2) is 4.55. The minimum Gasteiger partial charge on any atom is -0.394 e. The highest BCUT2D eigenvalue weighted by molar-refractivity contribution is 6.34. The van der Waals surface area contributed by atoms with Crippen molar-refractivity contribution in [1.29, 1.82) is 0 Å². The third-order valence-corrected chi connectivity index (χ3v) is 3.27. The molecule has 1 aliphatic carbocycles. The number of rotatable bonds is 4. The number of hydrogen-bond acceptors (Lipinski definition) is 4. The molecule has 18 heavy (non-hydrogen) atoms. The molecule has 2 rings (SSSR count). The maximum absolute atomic E-state index is 11.9. The molecular formula is C11H11ClN2O4. The van der Waals surface area contributed by atoms with Crippen LogP contribution in [0, 0.1) is 10.1 Å². The molecule has 0 heterocycles. The van der Waals surface area contributed by atoms with Gasteiger partial charge in [0.2, 0.25) is 0 Å². The molecule has 0 aromatic heterocycles. The van der Waals surface area contributed by atoms with Gasteiger partial charge in [-0.1, -0.05) is 11.6 Å². The first-order valence-electron chi connectivity index (χ1n) is 5.35. The minimum absolute atomic E-state index is 0.0468. The molecule has 0 saturated heterocycles. The largest absolute Gasteiger partial charge is 0.394 e. The molecule has 1 amide bonds. The predicted molar refractivity (Wildman–Crippen MR) is 64.6 cm³/mol. The Morgan fingerprint density at radius 2 is 2.22 bits per heavy atom. The van der Waals surface area contributed by atoms with E-state index in [2.05, 4.69) is 5.32 Å². The molecule has 0 bridgehead atoms. The molecule has 7 heteroatoms. The number of nitrogens with zero attached hydrogens (tertiary/aromatic N) is 1. The van der Waals surface area contributed by atoms with Crippen LogP contribution in [0.2, 0.25) is 5.02 Å². The summed E-state index contributed by atoms with van der Waals surface area (Å²) >= 11 is 5.84. The number of aliphatic hydroxyl groups excluding tert-OH is 1. The Hall–Kier alpha value is -1.66. The maximum atomic E-state index is 11.9. The van der Waals surface area contributed by atoms with Crippen LogP contribution < -0.4 is 5.32 Å². The van der Waals surface area contributed by atoms with Crippen molar-refractivity contribution in [1.82, 2.24) is 5.32 Å². The van der Waals surface area contributed by atoms with Crippen molar-refractivity contribution in [2.24, 2.45) is 0 Å². The lowest BCUT2D eigenvalue weighted by atomic mass is 10.1. The van der Waals surface area contributed by atoms with Crippen LogP contribution in [0.25, 0.3) is 0 Å². The highest BCUT2D eigenvalue weighted by Crippen LogP contribution is 2.35. The van der Waals surface area contributed by atoms with Crippen LogP contribution in [-0.2, 0) is 0 Å². The number of nitrogens with one attached hydrogen (secondary N) is 1. The Balaban J connectivity index is 2.24. The Morgan fingerprint density at radius 3 is 2.72 bits per heavy atom. The number of nitro benzene ring substituents is 1. The maximum Gasteiger partial charge on any atom is 0.270 e. The van der Waals surface area contributed by atoms with Gasteiger partial charge in [0.25, 0.3) is 11.6 Å². The summed E-state index contributed by atoms with van der Waals surface area (Å²) in [6.07, 6.45) is 1.39. The van der Waals surface area contributed by atoms with E-state index in [0.717, 1.165) is 6.07 Å². The first kappa shape index (κ1) is 12.8. The average molecular weight is 271 g/mol. The van der Waals surface area contributed by atoms with Crippen molar-refractivity contribution < 1.29 is 14.8 Å². The Kier molecular flexibility index (Phi) is 3.23. The van der Waals surface area contributed by atoms with Crippen LogP contribution in [0.3, 0.4) is 0 Å². The van der Waals surface area contributed by atoms with E-state index < -0.39 is 16.4 Å². The van der Waals surface area contributed by atoms with Gasteiger partial charge in [0.15, 0.2) is 0 Å². The van der Waals surface area contributed by atoms with Gasteiger partial charge in [0.1, 0.15) is 0 Å². The Labute approximate surface area is 108 Å². The van der Waals surface area contributed by atoms with Crippen LogP contribution in [0.1, 0.15) is 23.2 Å². The van der Waals surface area contributed by atoms with Gasteiger partial charge < -0.3 is 10.4 Å². The molecule has 96 valence electrons. The predicted octanol–water partition coefficient (Wildman–Crippen LogP) is 1.50. The Morgan fingerprint density at radius 1 is 1.56 bits per heavy atom. The van der Waals surface area contributed by atoms with Gasteiger partial charge in [0.05, 0.1) is 27.7 Å². The molecule has 6 nitrogen and oxygen atoms in total. The molecule has 2 N–H and O–H groups in total. The molecule has 0 aliphatic heterocycles. The number of benzene rings is 1. The molecule has 1 aromatic carbocycles. The fourth-order valence-corrected chi connectivity index (χ4v) is 1.79. The number of hydrogen-bond donors (Lipinski definition) is 2. The lowest BCUT2D eigenvalue weighted by molar-refractivity contribution is -0.384. The minimum atomic E-state index is -0.591. The van der Waals surface area contributed by atoms with E-state index in [-0.39, 0.29) is 22.9 Å². The van der Waals surface area contributed by atoms with Crippen LogP contribution >= 0.6 is 11.6 Å². The van der Waals surface area contributed by atoms with E-state index in [4.69, 9.17) is 16.7 Å². The topological polar surface area (TPSA) is 92.5 Å². The molecule has 0 radical (unpaired) electrons. The third-order valence-electron chi connectivity index (χ3n) is 2.94. The average Bonchev–Trinajstić information content (AvgIpc) is 3.09. The van der Waals surface area contributed by atoms with Gasteiger partial charge in [-0.2, -0.15) is 0 Å². The number of non-ortho nitro benzene ring substituents is 1. The summed E-state index contributed by atoms with van der Waals surface area (Å²) in [5.74, 6) is -0.504. The number of halogens is 1. The van der Waals surface area contributed by atoms with Crippen molar-refractivity contribution in [3.8, 4) is 0 Å². The fraction of sp³-hybridized carbons (Fsp3) is 0.364. The molecule has 1 saturated carbocycles. The molecule has 1 fully saturated rings. The second-order valence-electron chi connectivity index (χ2n) is 4.31. The first-order valence-corrected chi connectivity index (χ1v) is 5.72.